The number of allylic oxidation sites excluding steroid dienone is 1. The molecule has 3 N–H and O–H groups in total. The van der Waals surface area contributed by atoms with Gasteiger partial charge in [0.05, 0.1) is 0 Å². The molecule has 0 amide bonds. The maximum atomic E-state index is 6.15. The van der Waals surface area contributed by atoms with Crippen LogP contribution in [-0.2, 0) is 6.42 Å². The molecule has 6 unspecified atom stereocenters. The average Bonchev–Trinajstić information content (AvgIpc) is 3.55. The first-order valence-electron chi connectivity index (χ1n) is 13.6. The summed E-state index contributed by atoms with van der Waals surface area (Å²) in [5, 5.41) is 5.32. The fourth-order valence-electron chi connectivity index (χ4n) is 6.77. The summed E-state index contributed by atoms with van der Waals surface area (Å²) in [6, 6.07) is 16.7. The Labute approximate surface area is 223 Å². The number of hydrogen-bond acceptors (Lipinski definition) is 3. The van der Waals surface area contributed by atoms with Crippen molar-refractivity contribution in [3.05, 3.63) is 95.1 Å². The van der Waals surface area contributed by atoms with Gasteiger partial charge in [0, 0.05) is 6.04 Å². The van der Waals surface area contributed by atoms with Crippen LogP contribution in [0.15, 0.2) is 72.8 Å². The molecule has 4 aliphatic rings. The summed E-state index contributed by atoms with van der Waals surface area (Å²) in [7, 11) is 4.39. The van der Waals surface area contributed by atoms with E-state index in [-0.39, 0.29) is 6.04 Å². The Hall–Kier alpha value is -2.10. The molecule has 2 aromatic carbocycles. The molecule has 1 fully saturated rings. The van der Waals surface area contributed by atoms with Gasteiger partial charge >= 0.3 is 164 Å². The van der Waals surface area contributed by atoms with Crippen LogP contribution in [0.4, 0.5) is 5.69 Å². The Morgan fingerprint density at radius 1 is 1.17 bits per heavy atom. The molecular weight excluding hydrogens is 505 g/mol. The van der Waals surface area contributed by atoms with E-state index in [1.54, 1.807) is 0 Å². The van der Waals surface area contributed by atoms with Crippen LogP contribution in [0.1, 0.15) is 53.9 Å². The third-order valence-electron chi connectivity index (χ3n) is 8.73. The summed E-state index contributed by atoms with van der Waals surface area (Å²) in [5.74, 6) is 2.47. The van der Waals surface area contributed by atoms with E-state index in [0.29, 0.717) is 39.0 Å². The molecule has 0 radical (unpaired) electrons. The first kappa shape index (κ1) is 24.2. The fraction of sp³-hybridized carbons (Fsp3) is 0.438. The van der Waals surface area contributed by atoms with Crippen LogP contribution in [0, 0.1) is 17.8 Å². The van der Waals surface area contributed by atoms with Gasteiger partial charge in [0.1, 0.15) is 0 Å². The van der Waals surface area contributed by atoms with E-state index in [1.165, 1.54) is 63.7 Å². The summed E-state index contributed by atoms with van der Waals surface area (Å²) >= 11 is 0.647. The summed E-state index contributed by atoms with van der Waals surface area (Å²) < 4.78 is 2.35. The Balaban J connectivity index is 1.25. The molecule has 188 valence electrons. The van der Waals surface area contributed by atoms with Gasteiger partial charge < -0.3 is 5.73 Å². The van der Waals surface area contributed by atoms with E-state index in [4.69, 9.17) is 5.73 Å². The number of nitrogens with zero attached hydrogens (tertiary/aromatic N) is 1. The molecule has 6 atom stereocenters. The van der Waals surface area contributed by atoms with Crippen molar-refractivity contribution in [2.45, 2.75) is 55.4 Å². The van der Waals surface area contributed by atoms with Gasteiger partial charge in [0.2, 0.25) is 0 Å². The summed E-state index contributed by atoms with van der Waals surface area (Å²) in [6.07, 6.45) is 12.9. The van der Waals surface area contributed by atoms with E-state index >= 15 is 0 Å². The minimum atomic E-state index is 0.148. The molecule has 0 saturated heterocycles. The van der Waals surface area contributed by atoms with Crippen molar-refractivity contribution in [1.29, 1.82) is 0 Å². The summed E-state index contributed by atoms with van der Waals surface area (Å²) in [6.45, 7) is 4.61. The Kier molecular flexibility index (Phi) is 6.73. The van der Waals surface area contributed by atoms with Crippen LogP contribution in [0.25, 0.3) is 5.57 Å². The predicted octanol–water partition coefficient (Wildman–Crippen LogP) is 6.03. The second kappa shape index (κ2) is 9.99. The third-order valence-corrected chi connectivity index (χ3v) is 10.8. The van der Waals surface area contributed by atoms with Gasteiger partial charge in [-0.15, -0.1) is 0 Å². The number of benzene rings is 2. The van der Waals surface area contributed by atoms with E-state index in [9.17, 15) is 0 Å². The second-order valence-corrected chi connectivity index (χ2v) is 14.3. The van der Waals surface area contributed by atoms with Crippen LogP contribution >= 0.6 is 0 Å². The quantitative estimate of drug-likeness (QED) is 0.315. The first-order valence-corrected chi connectivity index (χ1v) is 15.6. The van der Waals surface area contributed by atoms with Crippen molar-refractivity contribution >= 4 is 26.4 Å². The zero-order chi connectivity index (χ0) is 24.8. The SMILES string of the molecule is C=C(c1ccc2c(c1)C1c3ccccc3CC1C(C1=CCC(N)C=C1)N2)C1CC1CCC[Se]N(C)C. The summed E-state index contributed by atoms with van der Waals surface area (Å²) in [4.78, 5) is 0. The number of nitrogens with one attached hydrogen (secondary N) is 1. The van der Waals surface area contributed by atoms with Gasteiger partial charge in [-0.05, 0) is 12.0 Å². The maximum absolute atomic E-state index is 6.15. The van der Waals surface area contributed by atoms with Gasteiger partial charge in [0.15, 0.2) is 0 Å². The zero-order valence-corrected chi connectivity index (χ0v) is 23.3. The van der Waals surface area contributed by atoms with Crippen molar-refractivity contribution in [3.8, 4) is 0 Å². The zero-order valence-electron chi connectivity index (χ0n) is 21.6. The normalized spacial score (nSPS) is 29.7. The first-order chi connectivity index (χ1) is 17.5. The van der Waals surface area contributed by atoms with Gasteiger partial charge in [-0.2, -0.15) is 0 Å². The van der Waals surface area contributed by atoms with Crippen LogP contribution in [-0.4, -0.2) is 45.3 Å². The van der Waals surface area contributed by atoms with Crippen LogP contribution in [0.2, 0.25) is 5.32 Å². The molecule has 1 heterocycles. The van der Waals surface area contributed by atoms with Crippen molar-refractivity contribution in [1.82, 2.24) is 3.92 Å². The van der Waals surface area contributed by atoms with Gasteiger partial charge in [-0.25, -0.2) is 0 Å². The molecule has 4 heteroatoms. The molecule has 36 heavy (non-hydrogen) atoms. The van der Waals surface area contributed by atoms with Crippen molar-refractivity contribution < 1.29 is 0 Å². The van der Waals surface area contributed by atoms with Gasteiger partial charge in [0.25, 0.3) is 0 Å². The number of nitrogens with two attached hydrogens (primary N) is 1. The van der Waals surface area contributed by atoms with Crippen molar-refractivity contribution in [2.75, 3.05) is 19.4 Å². The molecule has 6 rings (SSSR count). The molecule has 2 aromatic rings. The van der Waals surface area contributed by atoms with Crippen LogP contribution in [0.3, 0.4) is 0 Å². The molecule has 0 bridgehead atoms. The molecular formula is C32H39N3Se. The topological polar surface area (TPSA) is 41.3 Å². The molecule has 3 aliphatic carbocycles. The standard InChI is InChI=1S/C32H39N3Se/c1-20(27-18-24(27)8-6-16-36-35(2)3)22-12-15-30-28(17-22)31-26-9-5-4-7-23(26)19-29(31)32(34-30)21-10-13-25(33)14-11-21/h4-5,7,9-13,15,17,24-25,27,29,31-32,34H,1,6,8,14,16,18-19,33H2,2-3H3. The number of anilines is 1. The van der Waals surface area contributed by atoms with Crippen molar-refractivity contribution in [2.24, 2.45) is 23.5 Å². The average molecular weight is 545 g/mol. The molecule has 0 aromatic heterocycles. The predicted molar refractivity (Wildman–Crippen MR) is 153 cm³/mol. The summed E-state index contributed by atoms with van der Waals surface area (Å²) in [5.41, 5.74) is 16.0. The van der Waals surface area contributed by atoms with E-state index < -0.39 is 0 Å². The fourth-order valence-corrected chi connectivity index (χ4v) is 8.16. The Morgan fingerprint density at radius 2 is 2.03 bits per heavy atom. The third kappa shape index (κ3) is 4.65. The number of rotatable bonds is 8. The molecule has 3 nitrogen and oxygen atoms in total. The van der Waals surface area contributed by atoms with Crippen molar-refractivity contribution in [3.63, 3.8) is 0 Å². The molecule has 0 spiro atoms. The molecule has 1 aliphatic heterocycles. The van der Waals surface area contributed by atoms with Gasteiger partial charge in [-0.1, -0.05) is 36.4 Å². The molecule has 1 saturated carbocycles. The van der Waals surface area contributed by atoms with Gasteiger partial charge in [-0.3, -0.25) is 0 Å². The van der Waals surface area contributed by atoms with E-state index in [0.717, 1.165) is 18.8 Å². The second-order valence-electron chi connectivity index (χ2n) is 11.3. The number of hydrogen-bond donors (Lipinski definition) is 2. The van der Waals surface area contributed by atoms with E-state index in [1.807, 2.05) is 0 Å². The van der Waals surface area contributed by atoms with Crippen LogP contribution < -0.4 is 11.1 Å². The Bertz CT molecular complexity index is 1210. The monoisotopic (exact) mass is 545 g/mol. The number of fused-ring (bicyclic) bond motifs is 5. The minimum absolute atomic E-state index is 0.148. The van der Waals surface area contributed by atoms with E-state index in [2.05, 4.69) is 90.6 Å². The van der Waals surface area contributed by atoms with Crippen LogP contribution in [0.5, 0.6) is 0 Å². The Morgan fingerprint density at radius 3 is 2.83 bits per heavy atom.